The summed E-state index contributed by atoms with van der Waals surface area (Å²) >= 11 is 0. The van der Waals surface area contributed by atoms with E-state index < -0.39 is 10.8 Å². The van der Waals surface area contributed by atoms with E-state index in [0.29, 0.717) is 24.6 Å². The van der Waals surface area contributed by atoms with Gasteiger partial charge in [0.1, 0.15) is 0 Å². The van der Waals surface area contributed by atoms with Gasteiger partial charge in [-0.1, -0.05) is 6.07 Å². The van der Waals surface area contributed by atoms with Crippen LogP contribution in [0.5, 0.6) is 0 Å². The number of carbonyl (C=O) groups excluding carboxylic acids is 1. The smallest absolute Gasteiger partial charge is 0.274 e. The van der Waals surface area contributed by atoms with Crippen LogP contribution in [-0.4, -0.2) is 35.4 Å². The summed E-state index contributed by atoms with van der Waals surface area (Å²) < 4.78 is 0. The molecule has 1 aliphatic rings. The molecule has 0 spiro atoms. The van der Waals surface area contributed by atoms with E-state index in [-0.39, 0.29) is 11.3 Å². The fourth-order valence-corrected chi connectivity index (χ4v) is 2.64. The van der Waals surface area contributed by atoms with Crippen molar-refractivity contribution in [3.05, 3.63) is 39.4 Å². The molecule has 0 atom stereocenters. The lowest BCUT2D eigenvalue weighted by atomic mass is 9.96. The maximum absolute atomic E-state index is 11.2. The monoisotopic (exact) mass is 292 g/mol. The van der Waals surface area contributed by atoms with Crippen LogP contribution in [0, 0.1) is 16.0 Å². The normalized spacial score (nSPS) is 16.8. The van der Waals surface area contributed by atoms with E-state index in [1.54, 1.807) is 6.07 Å². The Labute approximate surface area is 123 Å². The van der Waals surface area contributed by atoms with Gasteiger partial charge in [-0.25, -0.2) is 0 Å². The second kappa shape index (κ2) is 6.64. The first kappa shape index (κ1) is 15.4. The Morgan fingerprint density at radius 1 is 1.38 bits per heavy atom. The van der Waals surface area contributed by atoms with Crippen molar-refractivity contribution in [2.45, 2.75) is 19.4 Å². The highest BCUT2D eigenvalue weighted by Gasteiger charge is 2.22. The summed E-state index contributed by atoms with van der Waals surface area (Å²) in [4.78, 5) is 24.0. The number of benzene rings is 1. The summed E-state index contributed by atoms with van der Waals surface area (Å²) in [6.45, 7) is 2.97. The average Bonchev–Trinajstić information content (AvgIpc) is 2.48. The molecule has 7 nitrogen and oxygen atoms in total. The molecule has 0 aromatic heterocycles. The number of primary amides is 1. The van der Waals surface area contributed by atoms with E-state index in [9.17, 15) is 14.9 Å². The van der Waals surface area contributed by atoms with Crippen LogP contribution in [0.25, 0.3) is 0 Å². The third-order valence-electron chi connectivity index (χ3n) is 4.00. The molecule has 4 N–H and O–H groups in total. The van der Waals surface area contributed by atoms with Gasteiger partial charge in [-0.15, -0.1) is 0 Å². The zero-order valence-electron chi connectivity index (χ0n) is 11.8. The topological polar surface area (TPSA) is 115 Å². The van der Waals surface area contributed by atoms with Crippen molar-refractivity contribution in [2.75, 3.05) is 19.6 Å². The van der Waals surface area contributed by atoms with Gasteiger partial charge in [0.05, 0.1) is 4.92 Å². The Morgan fingerprint density at radius 3 is 2.57 bits per heavy atom. The second-order valence-corrected chi connectivity index (χ2v) is 5.42. The summed E-state index contributed by atoms with van der Waals surface area (Å²) in [5.41, 5.74) is 11.5. The first-order valence-corrected chi connectivity index (χ1v) is 7.00. The number of piperidine rings is 1. The van der Waals surface area contributed by atoms with Gasteiger partial charge >= 0.3 is 0 Å². The highest BCUT2D eigenvalue weighted by Crippen LogP contribution is 2.24. The molecule has 0 bridgehead atoms. The molecule has 1 aliphatic heterocycles. The Hall–Kier alpha value is -1.99. The number of likely N-dealkylation sites (tertiary alicyclic amines) is 1. The molecule has 1 heterocycles. The number of carbonyl (C=O) groups is 1. The number of nitro benzene ring substituents is 1. The standard InChI is InChI=1S/C14H20N4O3/c15-8-10-3-5-17(6-4-10)9-12-2-1-11(14(16)19)7-13(12)18(20)21/h1-2,7,10H,3-6,8-9,15H2,(H2,16,19). The number of hydrogen-bond donors (Lipinski definition) is 2. The maximum Gasteiger partial charge on any atom is 0.274 e. The average molecular weight is 292 g/mol. The van der Waals surface area contributed by atoms with Crippen molar-refractivity contribution in [1.82, 2.24) is 4.90 Å². The molecule has 1 saturated heterocycles. The summed E-state index contributed by atoms with van der Waals surface area (Å²) in [6, 6.07) is 4.41. The molecule has 0 radical (unpaired) electrons. The van der Waals surface area contributed by atoms with E-state index in [4.69, 9.17) is 11.5 Å². The van der Waals surface area contributed by atoms with Gasteiger partial charge in [0.25, 0.3) is 5.69 Å². The van der Waals surface area contributed by atoms with Crippen LogP contribution < -0.4 is 11.5 Å². The summed E-state index contributed by atoms with van der Waals surface area (Å²) in [5, 5.41) is 11.2. The van der Waals surface area contributed by atoms with Gasteiger partial charge in [0, 0.05) is 23.7 Å². The predicted octanol–water partition coefficient (Wildman–Crippen LogP) is 0.864. The number of nitrogens with zero attached hydrogens (tertiary/aromatic N) is 2. The third-order valence-corrected chi connectivity index (χ3v) is 4.00. The molecule has 0 aliphatic carbocycles. The lowest BCUT2D eigenvalue weighted by Crippen LogP contribution is -2.35. The Bertz CT molecular complexity index is 539. The van der Waals surface area contributed by atoms with Crippen molar-refractivity contribution >= 4 is 11.6 Å². The van der Waals surface area contributed by atoms with E-state index in [2.05, 4.69) is 4.90 Å². The minimum absolute atomic E-state index is 0.0488. The summed E-state index contributed by atoms with van der Waals surface area (Å²) in [5.74, 6) is -0.109. The number of hydrogen-bond acceptors (Lipinski definition) is 5. The number of amides is 1. The molecule has 21 heavy (non-hydrogen) atoms. The minimum Gasteiger partial charge on any atom is -0.366 e. The molecule has 7 heteroatoms. The van der Waals surface area contributed by atoms with E-state index in [0.717, 1.165) is 25.9 Å². The number of nitro groups is 1. The molecular weight excluding hydrogens is 272 g/mol. The zero-order chi connectivity index (χ0) is 15.4. The molecule has 2 rings (SSSR count). The molecule has 1 aromatic rings. The third kappa shape index (κ3) is 3.77. The molecule has 1 fully saturated rings. The van der Waals surface area contributed by atoms with E-state index >= 15 is 0 Å². The van der Waals surface area contributed by atoms with Crippen molar-refractivity contribution in [3.63, 3.8) is 0 Å². The Morgan fingerprint density at radius 2 is 2.05 bits per heavy atom. The minimum atomic E-state index is -0.659. The highest BCUT2D eigenvalue weighted by atomic mass is 16.6. The van der Waals surface area contributed by atoms with Gasteiger partial charge in [0.2, 0.25) is 5.91 Å². The lowest BCUT2D eigenvalue weighted by molar-refractivity contribution is -0.385. The highest BCUT2D eigenvalue weighted by molar-refractivity contribution is 5.93. The largest absolute Gasteiger partial charge is 0.366 e. The molecule has 0 saturated carbocycles. The number of nitrogens with two attached hydrogens (primary N) is 2. The molecule has 1 aromatic carbocycles. The van der Waals surface area contributed by atoms with Crippen LogP contribution in [0.1, 0.15) is 28.8 Å². The number of rotatable bonds is 5. The van der Waals surface area contributed by atoms with Crippen LogP contribution >= 0.6 is 0 Å². The van der Waals surface area contributed by atoms with E-state index in [1.807, 2.05) is 0 Å². The summed E-state index contributed by atoms with van der Waals surface area (Å²) in [6.07, 6.45) is 2.04. The van der Waals surface area contributed by atoms with Crippen LogP contribution in [0.2, 0.25) is 0 Å². The van der Waals surface area contributed by atoms with Crippen molar-refractivity contribution in [1.29, 1.82) is 0 Å². The van der Waals surface area contributed by atoms with Crippen molar-refractivity contribution in [3.8, 4) is 0 Å². The maximum atomic E-state index is 11.2. The first-order chi connectivity index (χ1) is 10.0. The Balaban J connectivity index is 2.13. The fourth-order valence-electron chi connectivity index (χ4n) is 2.64. The van der Waals surface area contributed by atoms with Crippen LogP contribution in [0.4, 0.5) is 5.69 Å². The Kier molecular flexibility index (Phi) is 4.87. The molecular formula is C14H20N4O3. The van der Waals surface area contributed by atoms with Gasteiger partial charge in [-0.3, -0.25) is 19.8 Å². The summed E-state index contributed by atoms with van der Waals surface area (Å²) in [7, 11) is 0. The lowest BCUT2D eigenvalue weighted by Gasteiger charge is -2.31. The SMILES string of the molecule is NCC1CCN(Cc2ccc(C(N)=O)cc2[N+](=O)[O-])CC1. The van der Waals surface area contributed by atoms with Crippen LogP contribution in [-0.2, 0) is 6.54 Å². The van der Waals surface area contributed by atoms with Crippen molar-refractivity contribution in [2.24, 2.45) is 17.4 Å². The van der Waals surface area contributed by atoms with Gasteiger partial charge < -0.3 is 11.5 Å². The van der Waals surface area contributed by atoms with Gasteiger partial charge in [-0.2, -0.15) is 0 Å². The second-order valence-electron chi connectivity index (χ2n) is 5.42. The van der Waals surface area contributed by atoms with Gasteiger partial charge in [0.15, 0.2) is 0 Å². The molecule has 0 unspecified atom stereocenters. The van der Waals surface area contributed by atoms with Crippen LogP contribution in [0.3, 0.4) is 0 Å². The molecule has 1 amide bonds. The van der Waals surface area contributed by atoms with Crippen molar-refractivity contribution < 1.29 is 9.72 Å². The predicted molar refractivity (Wildman–Crippen MR) is 78.7 cm³/mol. The fraction of sp³-hybridized carbons (Fsp3) is 0.500. The van der Waals surface area contributed by atoms with Crippen LogP contribution in [0.15, 0.2) is 18.2 Å². The zero-order valence-corrected chi connectivity index (χ0v) is 11.8. The first-order valence-electron chi connectivity index (χ1n) is 7.00. The van der Waals surface area contributed by atoms with E-state index in [1.165, 1.54) is 12.1 Å². The van der Waals surface area contributed by atoms with Gasteiger partial charge in [-0.05, 0) is 44.5 Å². The molecule has 114 valence electrons. The quantitative estimate of drug-likeness (QED) is 0.617.